The minimum Gasteiger partial charge on any atom is -0.258 e. The van der Waals surface area contributed by atoms with E-state index in [0.717, 1.165) is 20.5 Å². The van der Waals surface area contributed by atoms with E-state index in [2.05, 4.69) is 11.2 Å². The minimum atomic E-state index is -0.450. The van der Waals surface area contributed by atoms with Gasteiger partial charge in [0.2, 0.25) is 0 Å². The molecule has 0 fully saturated rings. The first kappa shape index (κ1) is 17.2. The lowest BCUT2D eigenvalue weighted by molar-refractivity contribution is -0.384. The molecule has 2 heterocycles. The Kier molecular flexibility index (Phi) is 4.15. The molecule has 4 rings (SSSR count). The Morgan fingerprint density at radius 3 is 2.67 bits per heavy atom. The summed E-state index contributed by atoms with van der Waals surface area (Å²) in [6.45, 7) is 1.98. The third kappa shape index (κ3) is 2.85. The Morgan fingerprint density at radius 1 is 1.26 bits per heavy atom. The van der Waals surface area contributed by atoms with Gasteiger partial charge in [0.05, 0.1) is 27.2 Å². The van der Waals surface area contributed by atoms with E-state index in [1.54, 1.807) is 28.2 Å². The maximum Gasteiger partial charge on any atom is 0.269 e. The van der Waals surface area contributed by atoms with Crippen LogP contribution in [0.1, 0.15) is 11.1 Å². The van der Waals surface area contributed by atoms with Gasteiger partial charge in [0.25, 0.3) is 5.69 Å². The molecule has 4 aromatic rings. The SMILES string of the molecule is Cc1c(-c2c(C#N)cnn2-c2ccc([N+](=O)[O-])cc2)sc2ccc(Cl)cc12. The van der Waals surface area contributed by atoms with Gasteiger partial charge in [-0.3, -0.25) is 10.1 Å². The number of benzene rings is 2. The highest BCUT2D eigenvalue weighted by atomic mass is 35.5. The van der Waals surface area contributed by atoms with Crippen LogP contribution in [-0.4, -0.2) is 14.7 Å². The van der Waals surface area contributed by atoms with E-state index in [1.807, 2.05) is 25.1 Å². The smallest absolute Gasteiger partial charge is 0.258 e. The van der Waals surface area contributed by atoms with Crippen molar-refractivity contribution in [2.24, 2.45) is 0 Å². The van der Waals surface area contributed by atoms with E-state index in [4.69, 9.17) is 11.6 Å². The van der Waals surface area contributed by atoms with E-state index < -0.39 is 4.92 Å². The van der Waals surface area contributed by atoms with Crippen LogP contribution < -0.4 is 0 Å². The fourth-order valence-electron chi connectivity index (χ4n) is 2.98. The van der Waals surface area contributed by atoms with Gasteiger partial charge >= 0.3 is 0 Å². The molecule has 0 aliphatic heterocycles. The summed E-state index contributed by atoms with van der Waals surface area (Å²) in [6, 6.07) is 14.0. The molecule has 0 N–H and O–H groups in total. The maximum atomic E-state index is 10.9. The molecule has 0 atom stereocenters. The summed E-state index contributed by atoms with van der Waals surface area (Å²) in [6.07, 6.45) is 1.51. The molecule has 0 unspecified atom stereocenters. The summed E-state index contributed by atoms with van der Waals surface area (Å²) < 4.78 is 2.70. The highest BCUT2D eigenvalue weighted by molar-refractivity contribution is 7.22. The summed E-state index contributed by atoms with van der Waals surface area (Å²) in [5.74, 6) is 0. The predicted octanol–water partition coefficient (Wildman–Crippen LogP) is 5.50. The number of nitriles is 1. The molecule has 0 bridgehead atoms. The van der Waals surface area contributed by atoms with Crippen LogP contribution in [0.3, 0.4) is 0 Å². The van der Waals surface area contributed by atoms with Crippen LogP contribution in [0.5, 0.6) is 0 Å². The second-order valence-electron chi connectivity index (χ2n) is 5.90. The minimum absolute atomic E-state index is 0.000599. The number of nitro benzene ring substituents is 1. The number of hydrogen-bond donors (Lipinski definition) is 0. The molecule has 132 valence electrons. The van der Waals surface area contributed by atoms with E-state index in [0.29, 0.717) is 22.0 Å². The third-order valence-electron chi connectivity index (χ3n) is 4.31. The van der Waals surface area contributed by atoms with Crippen LogP contribution in [0.2, 0.25) is 5.02 Å². The first-order valence-corrected chi connectivity index (χ1v) is 9.11. The van der Waals surface area contributed by atoms with Crippen molar-refractivity contribution >= 4 is 38.7 Å². The quantitative estimate of drug-likeness (QED) is 0.339. The number of thiophene rings is 1. The Balaban J connectivity index is 1.94. The van der Waals surface area contributed by atoms with Crippen molar-refractivity contribution in [2.75, 3.05) is 0 Å². The molecule has 0 aliphatic rings. The van der Waals surface area contributed by atoms with Crippen LogP contribution in [0.25, 0.3) is 26.3 Å². The van der Waals surface area contributed by atoms with Crippen LogP contribution >= 0.6 is 22.9 Å². The van der Waals surface area contributed by atoms with Crippen molar-refractivity contribution in [3.05, 3.63) is 74.9 Å². The molecule has 0 saturated carbocycles. The highest BCUT2D eigenvalue weighted by Gasteiger charge is 2.20. The lowest BCUT2D eigenvalue weighted by atomic mass is 10.1. The zero-order chi connectivity index (χ0) is 19.1. The van der Waals surface area contributed by atoms with Gasteiger partial charge in [-0.1, -0.05) is 11.6 Å². The van der Waals surface area contributed by atoms with Gasteiger partial charge in [0.1, 0.15) is 11.8 Å². The topological polar surface area (TPSA) is 84.8 Å². The third-order valence-corrected chi connectivity index (χ3v) is 5.82. The molecule has 0 aliphatic carbocycles. The predicted molar refractivity (Wildman–Crippen MR) is 105 cm³/mol. The number of aromatic nitrogens is 2. The molecule has 8 heteroatoms. The van der Waals surface area contributed by atoms with Gasteiger partial charge in [-0.25, -0.2) is 4.68 Å². The van der Waals surface area contributed by atoms with E-state index >= 15 is 0 Å². The molecular formula is C19H11ClN4O2S. The number of nitro groups is 1. The fourth-order valence-corrected chi connectivity index (χ4v) is 4.39. The van der Waals surface area contributed by atoms with Crippen LogP contribution in [0.15, 0.2) is 48.7 Å². The zero-order valence-corrected chi connectivity index (χ0v) is 15.6. The molecule has 27 heavy (non-hydrogen) atoms. The Hall–Kier alpha value is -3.21. The van der Waals surface area contributed by atoms with Gasteiger partial charge < -0.3 is 0 Å². The van der Waals surface area contributed by atoms with E-state index in [1.165, 1.54) is 18.3 Å². The second kappa shape index (κ2) is 6.50. The van der Waals surface area contributed by atoms with E-state index in [9.17, 15) is 15.4 Å². The number of hydrogen-bond acceptors (Lipinski definition) is 5. The zero-order valence-electron chi connectivity index (χ0n) is 14.0. The molecule has 6 nitrogen and oxygen atoms in total. The molecule has 0 radical (unpaired) electrons. The standard InChI is InChI=1S/C19H11ClN4O2S/c1-11-16-8-13(20)2-7-17(16)27-19(11)18-12(9-21)10-22-23(18)14-3-5-15(6-4-14)24(25)26/h2-8,10H,1H3. The van der Waals surface area contributed by atoms with Gasteiger partial charge in [-0.15, -0.1) is 11.3 Å². The van der Waals surface area contributed by atoms with Crippen molar-refractivity contribution in [1.29, 1.82) is 5.26 Å². The van der Waals surface area contributed by atoms with Crippen molar-refractivity contribution in [1.82, 2.24) is 9.78 Å². The number of rotatable bonds is 3. The van der Waals surface area contributed by atoms with Gasteiger partial charge in [-0.2, -0.15) is 10.4 Å². The molecule has 0 spiro atoms. The van der Waals surface area contributed by atoms with E-state index in [-0.39, 0.29) is 5.69 Å². The largest absolute Gasteiger partial charge is 0.269 e. The first-order chi connectivity index (χ1) is 13.0. The lowest BCUT2D eigenvalue weighted by Crippen LogP contribution is -2.00. The van der Waals surface area contributed by atoms with Crippen LogP contribution in [0, 0.1) is 28.4 Å². The summed E-state index contributed by atoms with van der Waals surface area (Å²) in [5.41, 5.74) is 2.76. The van der Waals surface area contributed by atoms with Gasteiger partial charge in [0, 0.05) is 21.9 Å². The lowest BCUT2D eigenvalue weighted by Gasteiger charge is -2.07. The summed E-state index contributed by atoms with van der Waals surface area (Å²) >= 11 is 7.69. The van der Waals surface area contributed by atoms with Crippen molar-refractivity contribution in [3.8, 4) is 22.3 Å². The highest BCUT2D eigenvalue weighted by Crippen LogP contribution is 2.41. The molecule has 0 amide bonds. The Morgan fingerprint density at radius 2 is 2.00 bits per heavy atom. The maximum absolute atomic E-state index is 10.9. The number of halogens is 1. The molecular weight excluding hydrogens is 384 g/mol. The Labute approximate surface area is 163 Å². The number of nitrogens with zero attached hydrogens (tertiary/aromatic N) is 4. The summed E-state index contributed by atoms with van der Waals surface area (Å²) in [7, 11) is 0. The number of fused-ring (bicyclic) bond motifs is 1. The Bertz CT molecular complexity index is 1240. The molecule has 2 aromatic heterocycles. The first-order valence-electron chi connectivity index (χ1n) is 7.91. The van der Waals surface area contributed by atoms with Crippen molar-refractivity contribution < 1.29 is 4.92 Å². The summed E-state index contributed by atoms with van der Waals surface area (Å²) in [4.78, 5) is 11.4. The van der Waals surface area contributed by atoms with Gasteiger partial charge in [0.15, 0.2) is 0 Å². The average molecular weight is 395 g/mol. The summed E-state index contributed by atoms with van der Waals surface area (Å²) in [5, 5.41) is 26.5. The average Bonchev–Trinajstić information content (AvgIpc) is 3.23. The number of non-ortho nitro benzene ring substituents is 1. The van der Waals surface area contributed by atoms with Gasteiger partial charge in [-0.05, 0) is 48.2 Å². The molecule has 2 aromatic carbocycles. The van der Waals surface area contributed by atoms with Crippen LogP contribution in [-0.2, 0) is 0 Å². The normalized spacial score (nSPS) is 10.9. The fraction of sp³-hybridized carbons (Fsp3) is 0.0526. The molecule has 0 saturated heterocycles. The van der Waals surface area contributed by atoms with Crippen molar-refractivity contribution in [3.63, 3.8) is 0 Å². The van der Waals surface area contributed by atoms with Crippen molar-refractivity contribution in [2.45, 2.75) is 6.92 Å². The monoisotopic (exact) mass is 394 g/mol. The number of aryl methyl sites for hydroxylation is 1. The van der Waals surface area contributed by atoms with Crippen LogP contribution in [0.4, 0.5) is 5.69 Å². The second-order valence-corrected chi connectivity index (χ2v) is 7.39.